The summed E-state index contributed by atoms with van der Waals surface area (Å²) in [5.74, 6) is 0.402. The molecule has 3 rings (SSSR count). The van der Waals surface area contributed by atoms with Crippen molar-refractivity contribution >= 4 is 34.8 Å². The Morgan fingerprint density at radius 2 is 1.70 bits per heavy atom. The molecule has 1 heterocycles. The lowest BCUT2D eigenvalue weighted by Gasteiger charge is -2.08. The highest BCUT2D eigenvalue weighted by Gasteiger charge is 2.11. The predicted molar refractivity (Wildman–Crippen MR) is 91.1 cm³/mol. The van der Waals surface area contributed by atoms with E-state index in [1.807, 2.05) is 60.7 Å². The third-order valence-electron chi connectivity index (χ3n) is 2.86. The molecule has 0 radical (unpaired) electrons. The zero-order valence-corrected chi connectivity index (χ0v) is 12.8. The minimum atomic E-state index is -0.376. The molecule has 0 unspecified atom stereocenters. The first kappa shape index (κ1) is 14.9. The van der Waals surface area contributed by atoms with Gasteiger partial charge in [-0.3, -0.25) is 5.32 Å². The number of amides is 2. The molecule has 0 spiro atoms. The number of amidine groups is 1. The standard InChI is InChI=1S/C16H13N5OS/c22-16(19-13-9-5-2-6-10-13)20-15(14-11-17-21-23-14)18-12-7-3-1-4-8-12/h1-11H,(H2,18,19,20,22). The number of benzene rings is 2. The molecule has 2 aromatic carbocycles. The van der Waals surface area contributed by atoms with Crippen molar-refractivity contribution in [2.45, 2.75) is 0 Å². The Kier molecular flexibility index (Phi) is 4.70. The van der Waals surface area contributed by atoms with Crippen molar-refractivity contribution in [1.29, 1.82) is 0 Å². The molecule has 23 heavy (non-hydrogen) atoms. The van der Waals surface area contributed by atoms with Gasteiger partial charge < -0.3 is 5.32 Å². The van der Waals surface area contributed by atoms with Gasteiger partial charge in [-0.2, -0.15) is 0 Å². The van der Waals surface area contributed by atoms with Gasteiger partial charge in [-0.25, -0.2) is 9.79 Å². The summed E-state index contributed by atoms with van der Waals surface area (Å²) in [7, 11) is 0. The summed E-state index contributed by atoms with van der Waals surface area (Å²) in [5.41, 5.74) is 1.43. The summed E-state index contributed by atoms with van der Waals surface area (Å²) in [5, 5.41) is 9.29. The molecule has 0 saturated heterocycles. The third-order valence-corrected chi connectivity index (χ3v) is 3.53. The van der Waals surface area contributed by atoms with Gasteiger partial charge in [0.2, 0.25) is 0 Å². The van der Waals surface area contributed by atoms with Crippen LogP contribution in [0.1, 0.15) is 4.88 Å². The van der Waals surface area contributed by atoms with E-state index in [-0.39, 0.29) is 6.03 Å². The molecular formula is C16H13N5OS. The molecular weight excluding hydrogens is 310 g/mol. The van der Waals surface area contributed by atoms with Crippen LogP contribution in [0.3, 0.4) is 0 Å². The molecule has 0 saturated carbocycles. The number of urea groups is 1. The Morgan fingerprint density at radius 1 is 1.00 bits per heavy atom. The molecule has 0 aliphatic heterocycles. The third kappa shape index (κ3) is 4.21. The van der Waals surface area contributed by atoms with E-state index >= 15 is 0 Å². The molecule has 1 aromatic heterocycles. The maximum Gasteiger partial charge on any atom is 0.324 e. The average molecular weight is 323 g/mol. The monoisotopic (exact) mass is 323 g/mol. The van der Waals surface area contributed by atoms with Crippen LogP contribution in [-0.2, 0) is 0 Å². The van der Waals surface area contributed by atoms with Gasteiger partial charge in [0, 0.05) is 5.69 Å². The van der Waals surface area contributed by atoms with Crippen LogP contribution >= 0.6 is 11.5 Å². The molecule has 7 heteroatoms. The van der Waals surface area contributed by atoms with Gasteiger partial charge in [-0.15, -0.1) is 5.10 Å². The quantitative estimate of drug-likeness (QED) is 0.572. The molecule has 3 aromatic rings. The van der Waals surface area contributed by atoms with E-state index in [2.05, 4.69) is 25.2 Å². The van der Waals surface area contributed by atoms with Gasteiger partial charge in [-0.05, 0) is 35.8 Å². The van der Waals surface area contributed by atoms with Gasteiger partial charge >= 0.3 is 6.03 Å². The Morgan fingerprint density at radius 3 is 2.35 bits per heavy atom. The summed E-state index contributed by atoms with van der Waals surface area (Å²) in [6, 6.07) is 18.2. The number of hydrogen-bond acceptors (Lipinski definition) is 5. The van der Waals surface area contributed by atoms with Crippen LogP contribution in [0.15, 0.2) is 71.9 Å². The highest BCUT2D eigenvalue weighted by molar-refractivity contribution is 7.07. The van der Waals surface area contributed by atoms with E-state index < -0.39 is 0 Å². The largest absolute Gasteiger partial charge is 0.324 e. The number of nitrogens with one attached hydrogen (secondary N) is 2. The van der Waals surface area contributed by atoms with Crippen LogP contribution in [0.2, 0.25) is 0 Å². The zero-order valence-electron chi connectivity index (χ0n) is 12.0. The minimum Gasteiger partial charge on any atom is -0.308 e. The SMILES string of the molecule is O=C(NC(=Nc1ccccc1)c1cnns1)Nc1ccccc1. The number of aromatic nitrogens is 2. The maximum atomic E-state index is 12.2. The zero-order chi connectivity index (χ0) is 15.9. The Bertz CT molecular complexity index is 788. The highest BCUT2D eigenvalue weighted by Crippen LogP contribution is 2.13. The molecule has 0 atom stereocenters. The number of carbonyl (C=O) groups is 1. The number of nitrogens with zero attached hydrogens (tertiary/aromatic N) is 3. The van der Waals surface area contributed by atoms with Crippen LogP contribution in [0, 0.1) is 0 Å². The molecule has 0 fully saturated rings. The van der Waals surface area contributed by atoms with Crippen LogP contribution in [-0.4, -0.2) is 21.5 Å². The van der Waals surface area contributed by atoms with Gasteiger partial charge in [0.25, 0.3) is 0 Å². The molecule has 0 aliphatic rings. The second kappa shape index (κ2) is 7.28. The predicted octanol–water partition coefficient (Wildman–Crippen LogP) is 3.44. The Labute approximate surface area is 137 Å². The number of para-hydroxylation sites is 2. The second-order valence-corrected chi connectivity index (χ2v) is 5.31. The van der Waals surface area contributed by atoms with E-state index in [1.54, 1.807) is 6.20 Å². The van der Waals surface area contributed by atoms with Crippen LogP contribution < -0.4 is 10.6 Å². The first-order valence-electron chi connectivity index (χ1n) is 6.86. The number of aliphatic imine (C=N–C) groups is 1. The van der Waals surface area contributed by atoms with Gasteiger partial charge in [-0.1, -0.05) is 40.9 Å². The molecule has 2 N–H and O–H groups in total. The maximum absolute atomic E-state index is 12.2. The van der Waals surface area contributed by atoms with Crippen molar-refractivity contribution in [3.63, 3.8) is 0 Å². The van der Waals surface area contributed by atoms with Crippen LogP contribution in [0.25, 0.3) is 0 Å². The molecule has 6 nitrogen and oxygen atoms in total. The molecule has 114 valence electrons. The van der Waals surface area contributed by atoms with E-state index in [4.69, 9.17) is 0 Å². The molecule has 0 bridgehead atoms. The van der Waals surface area contributed by atoms with Gasteiger partial charge in [0.1, 0.15) is 4.88 Å². The van der Waals surface area contributed by atoms with Crippen molar-refractivity contribution in [3.05, 3.63) is 71.7 Å². The van der Waals surface area contributed by atoms with Crippen LogP contribution in [0.4, 0.5) is 16.2 Å². The summed E-state index contributed by atoms with van der Waals surface area (Å²) in [6.07, 6.45) is 1.56. The summed E-state index contributed by atoms with van der Waals surface area (Å²) in [6.45, 7) is 0. The van der Waals surface area contributed by atoms with Gasteiger partial charge in [0.05, 0.1) is 11.9 Å². The van der Waals surface area contributed by atoms with Crippen molar-refractivity contribution in [2.24, 2.45) is 4.99 Å². The first-order chi connectivity index (χ1) is 11.3. The first-order valence-corrected chi connectivity index (χ1v) is 7.63. The molecule has 0 aliphatic carbocycles. The Balaban J connectivity index is 1.79. The summed E-state index contributed by atoms with van der Waals surface area (Å²) < 4.78 is 3.82. The number of anilines is 1. The van der Waals surface area contributed by atoms with E-state index in [0.29, 0.717) is 16.4 Å². The fourth-order valence-corrected chi connectivity index (χ4v) is 2.30. The van der Waals surface area contributed by atoms with E-state index in [0.717, 1.165) is 17.2 Å². The number of hydrogen-bond donors (Lipinski definition) is 2. The van der Waals surface area contributed by atoms with Crippen molar-refractivity contribution in [2.75, 3.05) is 5.32 Å². The smallest absolute Gasteiger partial charge is 0.308 e. The summed E-state index contributed by atoms with van der Waals surface area (Å²) >= 11 is 1.16. The fourth-order valence-electron chi connectivity index (χ4n) is 1.84. The Hall–Kier alpha value is -3.06. The number of carbonyl (C=O) groups excluding carboxylic acids is 1. The van der Waals surface area contributed by atoms with Gasteiger partial charge in [0.15, 0.2) is 5.84 Å². The highest BCUT2D eigenvalue weighted by atomic mass is 32.1. The second-order valence-electron chi connectivity index (χ2n) is 4.52. The lowest BCUT2D eigenvalue weighted by atomic mass is 10.3. The van der Waals surface area contributed by atoms with Crippen molar-refractivity contribution in [1.82, 2.24) is 14.9 Å². The van der Waals surface area contributed by atoms with Crippen LogP contribution in [0.5, 0.6) is 0 Å². The summed E-state index contributed by atoms with van der Waals surface area (Å²) in [4.78, 5) is 17.3. The minimum absolute atomic E-state index is 0.376. The normalized spacial score (nSPS) is 11.0. The fraction of sp³-hybridized carbons (Fsp3) is 0. The van der Waals surface area contributed by atoms with Crippen molar-refractivity contribution in [3.8, 4) is 0 Å². The number of rotatable bonds is 3. The van der Waals surface area contributed by atoms with E-state index in [1.165, 1.54) is 0 Å². The van der Waals surface area contributed by atoms with E-state index in [9.17, 15) is 4.79 Å². The lowest BCUT2D eigenvalue weighted by Crippen LogP contribution is -2.34. The van der Waals surface area contributed by atoms with Crippen molar-refractivity contribution < 1.29 is 4.79 Å². The lowest BCUT2D eigenvalue weighted by molar-refractivity contribution is 0.256. The topological polar surface area (TPSA) is 79.3 Å². The molecule has 2 amide bonds. The average Bonchev–Trinajstić information content (AvgIpc) is 3.10.